The van der Waals surface area contributed by atoms with Crippen LogP contribution in [-0.4, -0.2) is 12.4 Å². The summed E-state index contributed by atoms with van der Waals surface area (Å²) in [5, 5.41) is 0.167. The van der Waals surface area contributed by atoms with Crippen LogP contribution in [0.2, 0.25) is 0 Å². The first-order valence-corrected chi connectivity index (χ1v) is 8.81. The number of alkyl halides is 4. The second-order valence-electron chi connectivity index (χ2n) is 5.12. The van der Waals surface area contributed by atoms with Gasteiger partial charge in [-0.15, -0.1) is 11.6 Å². The van der Waals surface area contributed by atoms with Crippen LogP contribution >= 0.6 is 11.6 Å². The van der Waals surface area contributed by atoms with Crippen LogP contribution in [0, 0.1) is 0 Å². The molecule has 3 rings (SSSR count). The second-order valence-corrected chi connectivity index (χ2v) is 7.18. The maximum atomic E-state index is 12.9. The summed E-state index contributed by atoms with van der Waals surface area (Å²) in [6, 6.07) is 11.9. The van der Waals surface area contributed by atoms with Crippen molar-refractivity contribution in [2.24, 2.45) is 0 Å². The van der Waals surface area contributed by atoms with E-state index in [0.29, 0.717) is 0 Å². The van der Waals surface area contributed by atoms with E-state index < -0.39 is 21.8 Å². The Morgan fingerprint density at radius 2 is 1.67 bits per heavy atom. The van der Waals surface area contributed by atoms with Crippen molar-refractivity contribution in [2.45, 2.75) is 17.0 Å². The Bertz CT molecular complexity index is 995. The number of fused-ring (bicyclic) bond motifs is 1. The van der Waals surface area contributed by atoms with Crippen molar-refractivity contribution in [3.63, 3.8) is 0 Å². The first-order valence-electron chi connectivity index (χ1n) is 6.83. The van der Waals surface area contributed by atoms with Gasteiger partial charge in [0.25, 0.3) is 10.0 Å². The van der Waals surface area contributed by atoms with Crippen LogP contribution in [0.15, 0.2) is 59.5 Å². The van der Waals surface area contributed by atoms with Gasteiger partial charge >= 0.3 is 6.18 Å². The Balaban J connectivity index is 2.28. The van der Waals surface area contributed by atoms with E-state index in [1.54, 1.807) is 18.2 Å². The summed E-state index contributed by atoms with van der Waals surface area (Å²) in [7, 11) is -3.96. The van der Waals surface area contributed by atoms with E-state index in [0.717, 1.165) is 22.2 Å². The molecule has 0 aliphatic rings. The number of hydrogen-bond acceptors (Lipinski definition) is 2. The molecule has 0 N–H and O–H groups in total. The zero-order valence-electron chi connectivity index (χ0n) is 12.1. The van der Waals surface area contributed by atoms with Gasteiger partial charge in [-0.25, -0.2) is 12.4 Å². The molecule has 2 aromatic carbocycles. The normalized spacial score (nSPS) is 12.7. The quantitative estimate of drug-likeness (QED) is 0.627. The number of aromatic nitrogens is 1. The van der Waals surface area contributed by atoms with Gasteiger partial charge in [-0.2, -0.15) is 13.2 Å². The van der Waals surface area contributed by atoms with Crippen molar-refractivity contribution in [2.75, 3.05) is 0 Å². The highest BCUT2D eigenvalue weighted by Crippen LogP contribution is 2.34. The van der Waals surface area contributed by atoms with Gasteiger partial charge in [-0.1, -0.05) is 18.2 Å². The van der Waals surface area contributed by atoms with Gasteiger partial charge in [0.1, 0.15) is 0 Å². The van der Waals surface area contributed by atoms with E-state index in [2.05, 4.69) is 0 Å². The molecule has 0 saturated heterocycles. The molecular weight excluding hydrogens is 363 g/mol. The minimum Gasteiger partial charge on any atom is -0.237 e. The molecular formula is C16H11ClF3NO2S. The van der Waals surface area contributed by atoms with Crippen molar-refractivity contribution >= 4 is 32.5 Å². The Kier molecular flexibility index (Phi) is 4.09. The smallest absolute Gasteiger partial charge is 0.237 e. The predicted octanol–water partition coefficient (Wildman–Crippen LogP) is 4.64. The third kappa shape index (κ3) is 2.78. The van der Waals surface area contributed by atoms with E-state index in [-0.39, 0.29) is 27.4 Å². The molecule has 0 spiro atoms. The van der Waals surface area contributed by atoms with Crippen LogP contribution in [0.1, 0.15) is 11.3 Å². The third-order valence-corrected chi connectivity index (χ3v) is 5.63. The molecule has 1 heterocycles. The zero-order valence-corrected chi connectivity index (χ0v) is 13.7. The van der Waals surface area contributed by atoms with Crippen molar-refractivity contribution in [1.29, 1.82) is 0 Å². The third-order valence-electron chi connectivity index (χ3n) is 3.57. The van der Waals surface area contributed by atoms with Crippen LogP contribution in [0.5, 0.6) is 0 Å². The number of benzene rings is 2. The maximum Gasteiger partial charge on any atom is 0.416 e. The van der Waals surface area contributed by atoms with Gasteiger partial charge < -0.3 is 0 Å². The van der Waals surface area contributed by atoms with Crippen molar-refractivity contribution in [3.8, 4) is 0 Å². The van der Waals surface area contributed by atoms with Gasteiger partial charge in [0.2, 0.25) is 0 Å². The lowest BCUT2D eigenvalue weighted by atomic mass is 10.1. The van der Waals surface area contributed by atoms with E-state index >= 15 is 0 Å². The van der Waals surface area contributed by atoms with Crippen LogP contribution in [0.4, 0.5) is 13.2 Å². The number of rotatable bonds is 3. The highest BCUT2D eigenvalue weighted by molar-refractivity contribution is 7.90. The molecule has 0 radical (unpaired) electrons. The fraction of sp³-hybridized carbons (Fsp3) is 0.125. The van der Waals surface area contributed by atoms with Gasteiger partial charge in [-0.3, -0.25) is 0 Å². The molecule has 0 amide bonds. The molecule has 0 aliphatic carbocycles. The standard InChI is InChI=1S/C16H11ClF3NO2S/c17-10-13-9-11-8-12(16(18,19)20)6-7-15(11)21(13)24(22,23)14-4-2-1-3-5-14/h1-9H,10H2. The average Bonchev–Trinajstić information content (AvgIpc) is 2.93. The summed E-state index contributed by atoms with van der Waals surface area (Å²) in [6.07, 6.45) is -4.50. The lowest BCUT2D eigenvalue weighted by Crippen LogP contribution is -2.15. The summed E-state index contributed by atoms with van der Waals surface area (Å²) >= 11 is 5.82. The van der Waals surface area contributed by atoms with Gasteiger partial charge in [0, 0.05) is 5.39 Å². The van der Waals surface area contributed by atoms with Gasteiger partial charge in [0.05, 0.1) is 27.5 Å². The highest BCUT2D eigenvalue weighted by Gasteiger charge is 2.31. The Labute approximate surface area is 141 Å². The molecule has 8 heteroatoms. The molecule has 126 valence electrons. The lowest BCUT2D eigenvalue weighted by molar-refractivity contribution is -0.137. The molecule has 0 saturated carbocycles. The summed E-state index contributed by atoms with van der Waals surface area (Å²) in [5.74, 6) is -0.151. The topological polar surface area (TPSA) is 39.1 Å². The summed E-state index contributed by atoms with van der Waals surface area (Å²) in [5.41, 5.74) is -0.484. The fourth-order valence-electron chi connectivity index (χ4n) is 2.50. The monoisotopic (exact) mass is 373 g/mol. The molecule has 0 unspecified atom stereocenters. The first kappa shape index (κ1) is 16.9. The Morgan fingerprint density at radius 1 is 1.00 bits per heavy atom. The van der Waals surface area contributed by atoms with Gasteiger partial charge in [0.15, 0.2) is 0 Å². The minimum atomic E-state index is -4.50. The van der Waals surface area contributed by atoms with E-state index in [4.69, 9.17) is 11.6 Å². The number of nitrogens with zero attached hydrogens (tertiary/aromatic N) is 1. The van der Waals surface area contributed by atoms with Crippen molar-refractivity contribution in [1.82, 2.24) is 3.97 Å². The van der Waals surface area contributed by atoms with Crippen LogP contribution in [0.25, 0.3) is 10.9 Å². The zero-order chi connectivity index (χ0) is 17.5. The lowest BCUT2D eigenvalue weighted by Gasteiger charge is -2.11. The van der Waals surface area contributed by atoms with Crippen LogP contribution < -0.4 is 0 Å². The SMILES string of the molecule is O=S(=O)(c1ccccc1)n1c(CCl)cc2cc(C(F)(F)F)ccc21. The van der Waals surface area contributed by atoms with Crippen molar-refractivity contribution < 1.29 is 21.6 Å². The molecule has 0 atom stereocenters. The van der Waals surface area contributed by atoms with Crippen LogP contribution in [0.3, 0.4) is 0 Å². The predicted molar refractivity (Wildman–Crippen MR) is 85.5 cm³/mol. The minimum absolute atomic E-state index is 0.0359. The molecule has 3 nitrogen and oxygen atoms in total. The van der Waals surface area contributed by atoms with E-state index in [9.17, 15) is 21.6 Å². The molecule has 0 bridgehead atoms. The maximum absolute atomic E-state index is 12.9. The summed E-state index contributed by atoms with van der Waals surface area (Å²) in [4.78, 5) is 0.0359. The molecule has 0 fully saturated rings. The number of halogens is 4. The van der Waals surface area contributed by atoms with Gasteiger partial charge in [-0.05, 0) is 36.4 Å². The largest absolute Gasteiger partial charge is 0.416 e. The summed E-state index contributed by atoms with van der Waals surface area (Å²) < 4.78 is 65.3. The summed E-state index contributed by atoms with van der Waals surface area (Å²) in [6.45, 7) is 0. The van der Waals surface area contributed by atoms with E-state index in [1.165, 1.54) is 18.2 Å². The van der Waals surface area contributed by atoms with E-state index in [1.807, 2.05) is 0 Å². The van der Waals surface area contributed by atoms with Crippen molar-refractivity contribution in [3.05, 3.63) is 65.9 Å². The number of hydrogen-bond donors (Lipinski definition) is 0. The highest BCUT2D eigenvalue weighted by atomic mass is 35.5. The van der Waals surface area contributed by atoms with Crippen LogP contribution in [-0.2, 0) is 22.1 Å². The Hall–Kier alpha value is -1.99. The fourth-order valence-corrected chi connectivity index (χ4v) is 4.33. The average molecular weight is 374 g/mol. The molecule has 0 aliphatic heterocycles. The Morgan fingerprint density at radius 3 is 2.25 bits per heavy atom. The molecule has 24 heavy (non-hydrogen) atoms. The molecule has 3 aromatic rings. The second kappa shape index (κ2) is 5.82. The molecule has 1 aromatic heterocycles. The first-order chi connectivity index (χ1) is 11.2.